The van der Waals surface area contributed by atoms with Crippen LogP contribution in [0.2, 0.25) is 0 Å². The summed E-state index contributed by atoms with van der Waals surface area (Å²) in [7, 11) is 0. The minimum atomic E-state index is -0.429. The van der Waals surface area contributed by atoms with Crippen LogP contribution in [0.5, 0.6) is 0 Å². The quantitative estimate of drug-likeness (QED) is 0.511. The molecule has 1 aromatic carbocycles. The number of anilines is 1. The van der Waals surface area contributed by atoms with Crippen molar-refractivity contribution in [2.45, 2.75) is 19.3 Å². The number of nitrogen functional groups attached to an aromatic ring is 1. The second-order valence-corrected chi connectivity index (χ2v) is 5.06. The lowest BCUT2D eigenvalue weighted by Crippen LogP contribution is -2.34. The first-order valence-corrected chi connectivity index (χ1v) is 7.12. The van der Waals surface area contributed by atoms with Gasteiger partial charge in [-0.2, -0.15) is 0 Å². The van der Waals surface area contributed by atoms with E-state index in [4.69, 9.17) is 10.3 Å². The van der Waals surface area contributed by atoms with Crippen LogP contribution in [0.4, 0.5) is 5.88 Å². The van der Waals surface area contributed by atoms with E-state index in [9.17, 15) is 4.79 Å². The van der Waals surface area contributed by atoms with E-state index in [0.717, 1.165) is 31.5 Å². The number of nitrogens with one attached hydrogen (secondary N) is 1. The van der Waals surface area contributed by atoms with E-state index < -0.39 is 5.91 Å². The lowest BCUT2D eigenvalue weighted by molar-refractivity contribution is 0.0949. The van der Waals surface area contributed by atoms with Gasteiger partial charge in [-0.05, 0) is 31.4 Å². The van der Waals surface area contributed by atoms with Gasteiger partial charge in [0.15, 0.2) is 5.69 Å². The molecule has 0 radical (unpaired) electrons. The Kier molecular flexibility index (Phi) is 3.87. The molecule has 0 saturated carbocycles. The van der Waals surface area contributed by atoms with E-state index >= 15 is 0 Å². The number of benzene rings is 1. The molecule has 6 heteroatoms. The lowest BCUT2D eigenvalue weighted by atomic mass is 10.1. The molecule has 0 bridgehead atoms. The molecule has 1 fully saturated rings. The zero-order valence-corrected chi connectivity index (χ0v) is 11.7. The van der Waals surface area contributed by atoms with Gasteiger partial charge in [0.1, 0.15) is 0 Å². The molecule has 0 unspecified atom stereocenters. The number of carbonyl (C=O) groups excluding carboxylic acids is 1. The van der Waals surface area contributed by atoms with Gasteiger partial charge in [0.05, 0.1) is 0 Å². The fraction of sp³-hybridized carbons (Fsp3) is 0.333. The van der Waals surface area contributed by atoms with E-state index in [1.807, 2.05) is 30.3 Å². The number of aromatic nitrogens is 1. The number of oxazole rings is 1. The average molecular weight is 286 g/mol. The van der Waals surface area contributed by atoms with Crippen LogP contribution in [-0.4, -0.2) is 24.0 Å². The Morgan fingerprint density at radius 3 is 2.57 bits per heavy atom. The molecule has 0 atom stereocenters. The average Bonchev–Trinajstić information content (AvgIpc) is 3.01. The second-order valence-electron chi connectivity index (χ2n) is 5.06. The monoisotopic (exact) mass is 286 g/mol. The molecule has 3 N–H and O–H groups in total. The van der Waals surface area contributed by atoms with Crippen molar-refractivity contribution in [2.75, 3.05) is 18.0 Å². The van der Waals surface area contributed by atoms with Crippen LogP contribution >= 0.6 is 0 Å². The van der Waals surface area contributed by atoms with E-state index in [0.29, 0.717) is 11.8 Å². The number of hydrazine groups is 1. The smallest absolute Gasteiger partial charge is 0.289 e. The maximum Gasteiger partial charge on any atom is 0.289 e. The molecule has 0 aliphatic carbocycles. The van der Waals surface area contributed by atoms with Gasteiger partial charge in [-0.1, -0.05) is 18.2 Å². The van der Waals surface area contributed by atoms with E-state index in [1.54, 1.807) is 0 Å². The minimum Gasteiger partial charge on any atom is -0.420 e. The molecule has 1 amide bonds. The second kappa shape index (κ2) is 5.97. The third-order valence-electron chi connectivity index (χ3n) is 3.62. The van der Waals surface area contributed by atoms with Crippen molar-refractivity contribution in [3.63, 3.8) is 0 Å². The van der Waals surface area contributed by atoms with Crippen molar-refractivity contribution in [3.05, 3.63) is 36.0 Å². The minimum absolute atomic E-state index is 0.248. The molecule has 1 saturated heterocycles. The zero-order chi connectivity index (χ0) is 14.7. The Bertz CT molecular complexity index is 618. The fourth-order valence-corrected chi connectivity index (χ4v) is 2.54. The van der Waals surface area contributed by atoms with Crippen LogP contribution in [0.15, 0.2) is 34.7 Å². The highest BCUT2D eigenvalue weighted by Crippen LogP contribution is 2.30. The van der Waals surface area contributed by atoms with Gasteiger partial charge >= 0.3 is 0 Å². The van der Waals surface area contributed by atoms with Crippen LogP contribution in [0, 0.1) is 0 Å². The molecule has 2 aromatic rings. The topological polar surface area (TPSA) is 84.4 Å². The molecular formula is C15H18N4O2. The number of nitrogens with two attached hydrogens (primary N) is 1. The molecule has 1 aliphatic rings. The molecule has 6 nitrogen and oxygen atoms in total. The molecule has 1 aromatic heterocycles. The van der Waals surface area contributed by atoms with Crippen molar-refractivity contribution in [3.8, 4) is 11.5 Å². The van der Waals surface area contributed by atoms with Crippen molar-refractivity contribution >= 4 is 11.8 Å². The third-order valence-corrected chi connectivity index (χ3v) is 3.62. The largest absolute Gasteiger partial charge is 0.420 e. The summed E-state index contributed by atoms with van der Waals surface area (Å²) in [6.45, 7) is 1.74. The van der Waals surface area contributed by atoms with Gasteiger partial charge in [-0.3, -0.25) is 10.2 Å². The zero-order valence-electron chi connectivity index (χ0n) is 11.7. The first-order chi connectivity index (χ1) is 10.3. The number of piperidine rings is 1. The summed E-state index contributed by atoms with van der Waals surface area (Å²) < 4.78 is 5.86. The van der Waals surface area contributed by atoms with Crippen LogP contribution in [0.3, 0.4) is 0 Å². The Morgan fingerprint density at radius 1 is 1.19 bits per heavy atom. The highest BCUT2D eigenvalue weighted by Gasteiger charge is 2.25. The third kappa shape index (κ3) is 2.75. The Labute approximate surface area is 122 Å². The highest BCUT2D eigenvalue weighted by atomic mass is 16.4. The first-order valence-electron chi connectivity index (χ1n) is 7.12. The van der Waals surface area contributed by atoms with Gasteiger partial charge in [0.2, 0.25) is 11.8 Å². The number of hydrogen-bond donors (Lipinski definition) is 2. The van der Waals surface area contributed by atoms with E-state index in [-0.39, 0.29) is 5.69 Å². The van der Waals surface area contributed by atoms with Crippen molar-refractivity contribution in [1.82, 2.24) is 10.4 Å². The summed E-state index contributed by atoms with van der Waals surface area (Å²) in [6.07, 6.45) is 3.38. The molecule has 21 heavy (non-hydrogen) atoms. The fourth-order valence-electron chi connectivity index (χ4n) is 2.54. The first kappa shape index (κ1) is 13.6. The Hall–Kier alpha value is -2.34. The summed E-state index contributed by atoms with van der Waals surface area (Å²) >= 11 is 0. The summed E-state index contributed by atoms with van der Waals surface area (Å²) in [5.74, 6) is 5.77. The number of hydrogen-bond acceptors (Lipinski definition) is 5. The maximum absolute atomic E-state index is 11.9. The summed E-state index contributed by atoms with van der Waals surface area (Å²) in [4.78, 5) is 18.3. The molecule has 1 aliphatic heterocycles. The summed E-state index contributed by atoms with van der Waals surface area (Å²) in [6, 6.07) is 9.53. The summed E-state index contributed by atoms with van der Waals surface area (Å²) in [5.41, 5.74) is 3.23. The van der Waals surface area contributed by atoms with E-state index in [2.05, 4.69) is 15.3 Å². The molecule has 0 spiro atoms. The maximum atomic E-state index is 11.9. The molecule has 110 valence electrons. The standard InChI is InChI=1S/C15H18N4O2/c16-18-13(20)12-15(19-9-5-2-6-10-19)21-14(17-12)11-7-3-1-4-8-11/h1,3-4,7-8H,2,5-6,9-10,16H2,(H,18,20). The van der Waals surface area contributed by atoms with Gasteiger partial charge in [-0.25, -0.2) is 10.8 Å². The SMILES string of the molecule is NNC(=O)c1nc(-c2ccccc2)oc1N1CCCCC1. The van der Waals surface area contributed by atoms with Crippen molar-refractivity contribution in [1.29, 1.82) is 0 Å². The van der Waals surface area contributed by atoms with Crippen molar-refractivity contribution in [2.24, 2.45) is 5.84 Å². The number of amides is 1. The summed E-state index contributed by atoms with van der Waals surface area (Å²) in [5, 5.41) is 0. The van der Waals surface area contributed by atoms with Gasteiger partial charge in [-0.15, -0.1) is 0 Å². The van der Waals surface area contributed by atoms with E-state index in [1.165, 1.54) is 6.42 Å². The Balaban J connectivity index is 2.00. The molecule has 3 rings (SSSR count). The number of carbonyl (C=O) groups is 1. The normalized spacial score (nSPS) is 15.0. The van der Waals surface area contributed by atoms with Gasteiger partial charge < -0.3 is 9.32 Å². The van der Waals surface area contributed by atoms with Crippen LogP contribution in [-0.2, 0) is 0 Å². The van der Waals surface area contributed by atoms with Crippen LogP contribution < -0.4 is 16.2 Å². The van der Waals surface area contributed by atoms with Crippen molar-refractivity contribution < 1.29 is 9.21 Å². The lowest BCUT2D eigenvalue weighted by Gasteiger charge is -2.26. The van der Waals surface area contributed by atoms with Gasteiger partial charge in [0.25, 0.3) is 5.91 Å². The predicted molar refractivity (Wildman–Crippen MR) is 79.7 cm³/mol. The van der Waals surface area contributed by atoms with Crippen LogP contribution in [0.25, 0.3) is 11.5 Å². The molecular weight excluding hydrogens is 268 g/mol. The Morgan fingerprint density at radius 2 is 1.90 bits per heavy atom. The van der Waals surface area contributed by atoms with Gasteiger partial charge in [0, 0.05) is 18.7 Å². The highest BCUT2D eigenvalue weighted by molar-refractivity contribution is 5.97. The predicted octanol–water partition coefficient (Wildman–Crippen LogP) is 1.94. The molecule has 2 heterocycles. The number of nitrogens with zero attached hydrogens (tertiary/aromatic N) is 2. The number of rotatable bonds is 3. The van der Waals surface area contributed by atoms with Crippen LogP contribution in [0.1, 0.15) is 29.8 Å².